The lowest BCUT2D eigenvalue weighted by Gasteiger charge is -2.24. The smallest absolute Gasteiger partial charge is 0.263 e. The molecule has 0 bridgehead atoms. The first-order valence-corrected chi connectivity index (χ1v) is 9.04. The van der Waals surface area contributed by atoms with Gasteiger partial charge in [-0.3, -0.25) is 4.79 Å². The summed E-state index contributed by atoms with van der Waals surface area (Å²) in [5.41, 5.74) is 2.71. The zero-order valence-electron chi connectivity index (χ0n) is 15.5. The molecule has 1 unspecified atom stereocenters. The first-order valence-electron chi connectivity index (χ1n) is 9.04. The molecule has 0 saturated carbocycles. The number of carbonyl (C=O) groups excluding carboxylic acids is 1. The maximum absolute atomic E-state index is 12.6. The second-order valence-electron chi connectivity index (χ2n) is 6.16. The minimum Gasteiger partial charge on any atom is -0.480 e. The van der Waals surface area contributed by atoms with E-state index in [0.29, 0.717) is 18.8 Å². The van der Waals surface area contributed by atoms with Crippen molar-refractivity contribution in [2.45, 2.75) is 26.9 Å². The molecule has 0 spiro atoms. The van der Waals surface area contributed by atoms with Gasteiger partial charge in [-0.15, -0.1) is 0 Å². The molecular formula is C22H24N2O2. The number of ether oxygens (including phenoxy) is 1. The summed E-state index contributed by atoms with van der Waals surface area (Å²) >= 11 is 0. The van der Waals surface area contributed by atoms with Crippen molar-refractivity contribution in [3.8, 4) is 17.0 Å². The van der Waals surface area contributed by atoms with E-state index in [1.54, 1.807) is 11.8 Å². The van der Waals surface area contributed by atoms with Gasteiger partial charge in [-0.2, -0.15) is 0 Å². The SMILES string of the molecule is CCN(CC)C(=O)C(C)Oc1cc(-c2ccccc2)nc2ccccc12. The molecule has 134 valence electrons. The molecule has 3 rings (SSSR count). The van der Waals surface area contributed by atoms with Gasteiger partial charge in [0.05, 0.1) is 11.2 Å². The second-order valence-corrected chi connectivity index (χ2v) is 6.16. The number of hydrogen-bond donors (Lipinski definition) is 0. The van der Waals surface area contributed by atoms with Gasteiger partial charge in [0.15, 0.2) is 6.10 Å². The zero-order chi connectivity index (χ0) is 18.5. The van der Waals surface area contributed by atoms with Crippen LogP contribution in [0.2, 0.25) is 0 Å². The van der Waals surface area contributed by atoms with Gasteiger partial charge in [0.2, 0.25) is 0 Å². The average molecular weight is 348 g/mol. The van der Waals surface area contributed by atoms with E-state index in [4.69, 9.17) is 9.72 Å². The molecule has 1 aromatic heterocycles. The van der Waals surface area contributed by atoms with E-state index in [0.717, 1.165) is 22.2 Å². The third kappa shape index (κ3) is 3.69. The van der Waals surface area contributed by atoms with Crippen molar-refractivity contribution >= 4 is 16.8 Å². The predicted molar refractivity (Wildman–Crippen MR) is 105 cm³/mol. The van der Waals surface area contributed by atoms with Crippen molar-refractivity contribution in [2.75, 3.05) is 13.1 Å². The van der Waals surface area contributed by atoms with Crippen LogP contribution in [-0.2, 0) is 4.79 Å². The molecule has 1 atom stereocenters. The first-order chi connectivity index (χ1) is 12.6. The Morgan fingerprint density at radius 2 is 1.69 bits per heavy atom. The fraction of sp³-hybridized carbons (Fsp3) is 0.273. The highest BCUT2D eigenvalue weighted by molar-refractivity contribution is 5.89. The summed E-state index contributed by atoms with van der Waals surface area (Å²) in [4.78, 5) is 19.1. The van der Waals surface area contributed by atoms with Crippen molar-refractivity contribution in [1.29, 1.82) is 0 Å². The summed E-state index contributed by atoms with van der Waals surface area (Å²) < 4.78 is 6.10. The fourth-order valence-electron chi connectivity index (χ4n) is 3.03. The number of likely N-dealkylation sites (N-methyl/N-ethyl adjacent to an activating group) is 1. The molecule has 26 heavy (non-hydrogen) atoms. The van der Waals surface area contributed by atoms with Crippen molar-refractivity contribution in [3.05, 3.63) is 60.7 Å². The largest absolute Gasteiger partial charge is 0.480 e. The summed E-state index contributed by atoms with van der Waals surface area (Å²) in [7, 11) is 0. The highest BCUT2D eigenvalue weighted by atomic mass is 16.5. The number of carbonyl (C=O) groups is 1. The van der Waals surface area contributed by atoms with Crippen LogP contribution < -0.4 is 4.74 Å². The highest BCUT2D eigenvalue weighted by Crippen LogP contribution is 2.30. The van der Waals surface area contributed by atoms with Gasteiger partial charge in [-0.05, 0) is 32.9 Å². The molecule has 0 fully saturated rings. The van der Waals surface area contributed by atoms with E-state index in [2.05, 4.69) is 0 Å². The quantitative estimate of drug-likeness (QED) is 0.657. The zero-order valence-corrected chi connectivity index (χ0v) is 15.5. The van der Waals surface area contributed by atoms with Gasteiger partial charge in [-0.25, -0.2) is 4.98 Å². The molecule has 4 nitrogen and oxygen atoms in total. The van der Waals surface area contributed by atoms with Gasteiger partial charge < -0.3 is 9.64 Å². The van der Waals surface area contributed by atoms with E-state index in [9.17, 15) is 4.79 Å². The maximum atomic E-state index is 12.6. The Bertz CT molecular complexity index is 889. The van der Waals surface area contributed by atoms with Crippen LogP contribution in [0.4, 0.5) is 0 Å². The second kappa shape index (κ2) is 8.00. The lowest BCUT2D eigenvalue weighted by atomic mass is 10.1. The van der Waals surface area contributed by atoms with E-state index < -0.39 is 6.10 Å². The topological polar surface area (TPSA) is 42.4 Å². The summed E-state index contributed by atoms with van der Waals surface area (Å²) in [6.07, 6.45) is -0.552. The average Bonchev–Trinajstić information content (AvgIpc) is 2.69. The molecule has 0 aliphatic rings. The monoisotopic (exact) mass is 348 g/mol. The van der Waals surface area contributed by atoms with Crippen LogP contribution in [0.25, 0.3) is 22.2 Å². The van der Waals surface area contributed by atoms with E-state index in [1.807, 2.05) is 74.5 Å². The number of aromatic nitrogens is 1. The molecule has 0 N–H and O–H groups in total. The normalized spacial score (nSPS) is 12.0. The first kappa shape index (κ1) is 17.9. The number of amides is 1. The molecular weight excluding hydrogens is 324 g/mol. The van der Waals surface area contributed by atoms with Gasteiger partial charge >= 0.3 is 0 Å². The molecule has 4 heteroatoms. The third-order valence-corrected chi connectivity index (χ3v) is 4.47. The van der Waals surface area contributed by atoms with Crippen LogP contribution in [0.5, 0.6) is 5.75 Å². The summed E-state index contributed by atoms with van der Waals surface area (Å²) in [6.45, 7) is 7.11. The maximum Gasteiger partial charge on any atom is 0.263 e. The Morgan fingerprint density at radius 3 is 2.38 bits per heavy atom. The Morgan fingerprint density at radius 1 is 1.04 bits per heavy atom. The number of pyridine rings is 1. The summed E-state index contributed by atoms with van der Waals surface area (Å²) in [6, 6.07) is 19.8. The van der Waals surface area contributed by atoms with Crippen LogP contribution in [0.1, 0.15) is 20.8 Å². The molecule has 2 aromatic carbocycles. The van der Waals surface area contributed by atoms with Crippen LogP contribution in [0.3, 0.4) is 0 Å². The van der Waals surface area contributed by atoms with E-state index >= 15 is 0 Å². The van der Waals surface area contributed by atoms with Gasteiger partial charge in [0.1, 0.15) is 5.75 Å². The minimum absolute atomic E-state index is 0.00263. The molecule has 1 heterocycles. The Balaban J connectivity index is 2.00. The highest BCUT2D eigenvalue weighted by Gasteiger charge is 2.21. The van der Waals surface area contributed by atoms with Crippen LogP contribution in [0.15, 0.2) is 60.7 Å². The number of nitrogens with zero attached hydrogens (tertiary/aromatic N) is 2. The summed E-state index contributed by atoms with van der Waals surface area (Å²) in [5.74, 6) is 0.680. The van der Waals surface area contributed by atoms with Crippen molar-refractivity contribution in [1.82, 2.24) is 9.88 Å². The molecule has 1 amide bonds. The lowest BCUT2D eigenvalue weighted by Crippen LogP contribution is -2.40. The van der Waals surface area contributed by atoms with Crippen LogP contribution in [0, 0.1) is 0 Å². The van der Waals surface area contributed by atoms with Crippen LogP contribution >= 0.6 is 0 Å². The van der Waals surface area contributed by atoms with Gasteiger partial charge in [0, 0.05) is 30.1 Å². The van der Waals surface area contributed by atoms with Crippen molar-refractivity contribution < 1.29 is 9.53 Å². The van der Waals surface area contributed by atoms with Crippen molar-refractivity contribution in [2.24, 2.45) is 0 Å². The molecule has 0 radical (unpaired) electrons. The molecule has 3 aromatic rings. The van der Waals surface area contributed by atoms with Gasteiger partial charge in [0.25, 0.3) is 5.91 Å². The number of hydrogen-bond acceptors (Lipinski definition) is 3. The molecule has 0 aliphatic heterocycles. The number of benzene rings is 2. The predicted octanol–water partition coefficient (Wildman–Crippen LogP) is 4.54. The summed E-state index contributed by atoms with van der Waals surface area (Å²) in [5, 5.41) is 0.909. The Labute approximate surface area is 154 Å². The minimum atomic E-state index is -0.552. The number of para-hydroxylation sites is 1. The van der Waals surface area contributed by atoms with E-state index in [-0.39, 0.29) is 5.91 Å². The molecule has 0 saturated heterocycles. The van der Waals surface area contributed by atoms with E-state index in [1.165, 1.54) is 0 Å². The third-order valence-electron chi connectivity index (χ3n) is 4.47. The van der Waals surface area contributed by atoms with Crippen LogP contribution in [-0.4, -0.2) is 35.0 Å². The number of fused-ring (bicyclic) bond motifs is 1. The molecule has 0 aliphatic carbocycles. The van der Waals surface area contributed by atoms with Crippen molar-refractivity contribution in [3.63, 3.8) is 0 Å². The Kier molecular flexibility index (Phi) is 5.52. The number of rotatable bonds is 6. The Hall–Kier alpha value is -2.88. The fourth-order valence-corrected chi connectivity index (χ4v) is 3.03. The van der Waals surface area contributed by atoms with Gasteiger partial charge in [-0.1, -0.05) is 42.5 Å². The lowest BCUT2D eigenvalue weighted by molar-refractivity contribution is -0.137. The standard InChI is InChI=1S/C22H24N2O2/c1-4-24(5-2)22(25)16(3)26-21-15-20(17-11-7-6-8-12-17)23-19-14-10-9-13-18(19)21/h6-16H,4-5H2,1-3H3.